The summed E-state index contributed by atoms with van der Waals surface area (Å²) in [5.41, 5.74) is 1.12. The number of aliphatic hydroxyl groups is 1. The summed E-state index contributed by atoms with van der Waals surface area (Å²) in [6.07, 6.45) is 3.90. The Morgan fingerprint density at radius 2 is 2.00 bits per heavy atom. The Kier molecular flexibility index (Phi) is 5.24. The van der Waals surface area contributed by atoms with Crippen molar-refractivity contribution >= 4 is 10.0 Å². The summed E-state index contributed by atoms with van der Waals surface area (Å²) in [4.78, 5) is 2.29. The largest absolute Gasteiger partial charge is 0.390 e. The molecule has 0 radical (unpaired) electrons. The zero-order valence-electron chi connectivity index (χ0n) is 14.5. The molecule has 1 aliphatic rings. The summed E-state index contributed by atoms with van der Waals surface area (Å²) in [6.45, 7) is 1.15. The smallest absolute Gasteiger partial charge is 0.243 e. The zero-order valence-corrected chi connectivity index (χ0v) is 15.3. The molecule has 0 amide bonds. The van der Waals surface area contributed by atoms with Crippen LogP contribution >= 0.6 is 0 Å². The molecule has 25 heavy (non-hydrogen) atoms. The summed E-state index contributed by atoms with van der Waals surface area (Å²) in [5.74, 6) is 0. The summed E-state index contributed by atoms with van der Waals surface area (Å²) in [6, 6.07) is 8.15. The Labute approximate surface area is 148 Å². The Bertz CT molecular complexity index is 806. The molecule has 1 aliphatic heterocycles. The maximum Gasteiger partial charge on any atom is 0.243 e. The molecule has 2 aromatic rings. The standard InChI is InChI=1S/C17H24N4O3S/c1-19(9-8-14-10-18-20(2)11-14)16-12-21(13-17(16)22)25(23,24)15-6-4-3-5-7-15/h3-7,10-11,16-17,22H,8-9,12-13H2,1-2H3/t16-,17-/m1/s1. The van der Waals surface area contributed by atoms with E-state index in [-0.39, 0.29) is 17.5 Å². The van der Waals surface area contributed by atoms with Crippen molar-refractivity contribution in [3.8, 4) is 0 Å². The molecule has 0 unspecified atom stereocenters. The van der Waals surface area contributed by atoms with Crippen LogP contribution in [0.15, 0.2) is 47.6 Å². The molecule has 1 aromatic heterocycles. The van der Waals surface area contributed by atoms with Gasteiger partial charge in [0.25, 0.3) is 0 Å². The van der Waals surface area contributed by atoms with Crippen molar-refractivity contribution in [1.82, 2.24) is 19.0 Å². The lowest BCUT2D eigenvalue weighted by molar-refractivity contribution is 0.0999. The number of nitrogens with zero attached hydrogens (tertiary/aromatic N) is 4. The molecule has 1 fully saturated rings. The fourth-order valence-electron chi connectivity index (χ4n) is 3.18. The third-order valence-electron chi connectivity index (χ3n) is 4.68. The normalized spacial score (nSPS) is 21.9. The molecule has 8 heteroatoms. The van der Waals surface area contributed by atoms with Crippen molar-refractivity contribution in [3.05, 3.63) is 48.3 Å². The number of hydrogen-bond acceptors (Lipinski definition) is 5. The number of hydrogen-bond donors (Lipinski definition) is 1. The van der Waals surface area contributed by atoms with Crippen molar-refractivity contribution in [2.75, 3.05) is 26.7 Å². The van der Waals surface area contributed by atoms with Gasteiger partial charge in [-0.2, -0.15) is 9.40 Å². The SMILES string of the molecule is CN(CCc1cnn(C)c1)[C@@H]1CN(S(=O)(=O)c2ccccc2)C[C@H]1O. The van der Waals surface area contributed by atoms with Crippen LogP contribution in [0.4, 0.5) is 0 Å². The first-order valence-electron chi connectivity index (χ1n) is 8.29. The van der Waals surface area contributed by atoms with Gasteiger partial charge >= 0.3 is 0 Å². The average Bonchev–Trinajstić information content (AvgIpc) is 3.19. The molecule has 0 bridgehead atoms. The maximum atomic E-state index is 12.7. The molecule has 0 saturated carbocycles. The van der Waals surface area contributed by atoms with Crippen LogP contribution in [0, 0.1) is 0 Å². The number of rotatable bonds is 6. The highest BCUT2D eigenvalue weighted by Gasteiger charge is 2.40. The molecule has 1 saturated heterocycles. The van der Waals surface area contributed by atoms with Gasteiger partial charge in [0.05, 0.1) is 23.2 Å². The number of β-amino-alcohol motifs (C(OH)–C–C–N with tert-alkyl or cyclic N) is 1. The van der Waals surface area contributed by atoms with Gasteiger partial charge in [0.1, 0.15) is 0 Å². The molecule has 3 rings (SSSR count). The van der Waals surface area contributed by atoms with Crippen molar-refractivity contribution in [2.24, 2.45) is 7.05 Å². The van der Waals surface area contributed by atoms with Crippen LogP contribution in [-0.2, 0) is 23.5 Å². The topological polar surface area (TPSA) is 78.7 Å². The fourth-order valence-corrected chi connectivity index (χ4v) is 4.68. The van der Waals surface area contributed by atoms with Gasteiger partial charge < -0.3 is 5.11 Å². The lowest BCUT2D eigenvalue weighted by Gasteiger charge is -2.26. The quantitative estimate of drug-likeness (QED) is 0.799. The van der Waals surface area contributed by atoms with Crippen LogP contribution < -0.4 is 0 Å². The number of aromatic nitrogens is 2. The predicted molar refractivity (Wildman–Crippen MR) is 94.5 cm³/mol. The van der Waals surface area contributed by atoms with Gasteiger partial charge in [0.15, 0.2) is 0 Å². The van der Waals surface area contributed by atoms with Crippen molar-refractivity contribution in [1.29, 1.82) is 0 Å². The Morgan fingerprint density at radius 1 is 1.28 bits per heavy atom. The van der Waals surface area contributed by atoms with Crippen LogP contribution in [0.1, 0.15) is 5.56 Å². The highest BCUT2D eigenvalue weighted by Crippen LogP contribution is 2.23. The van der Waals surface area contributed by atoms with E-state index in [2.05, 4.69) is 5.10 Å². The van der Waals surface area contributed by atoms with Gasteiger partial charge in [0, 0.05) is 32.9 Å². The highest BCUT2D eigenvalue weighted by atomic mass is 32.2. The summed E-state index contributed by atoms with van der Waals surface area (Å²) in [5, 5.41) is 14.5. The minimum absolute atomic E-state index is 0.124. The first-order chi connectivity index (χ1) is 11.9. The summed E-state index contributed by atoms with van der Waals surface area (Å²) < 4.78 is 28.6. The van der Waals surface area contributed by atoms with E-state index in [1.54, 1.807) is 35.0 Å². The molecule has 7 nitrogen and oxygen atoms in total. The molecule has 0 spiro atoms. The van der Waals surface area contributed by atoms with Crippen LogP contribution in [-0.4, -0.2) is 71.3 Å². The molecule has 0 aliphatic carbocycles. The van der Waals surface area contributed by atoms with E-state index in [1.807, 2.05) is 31.4 Å². The third kappa shape index (κ3) is 3.92. The van der Waals surface area contributed by atoms with Crippen LogP contribution in [0.2, 0.25) is 0 Å². The number of aliphatic hydroxyl groups excluding tert-OH is 1. The van der Waals surface area contributed by atoms with Crippen molar-refractivity contribution in [3.63, 3.8) is 0 Å². The van der Waals surface area contributed by atoms with Crippen molar-refractivity contribution in [2.45, 2.75) is 23.5 Å². The van der Waals surface area contributed by atoms with Gasteiger partial charge in [-0.25, -0.2) is 8.42 Å². The molecule has 1 N–H and O–H groups in total. The van der Waals surface area contributed by atoms with Gasteiger partial charge in [-0.3, -0.25) is 9.58 Å². The molecule has 1 aromatic carbocycles. The molecular formula is C17H24N4O3S. The number of benzene rings is 1. The summed E-state index contributed by atoms with van der Waals surface area (Å²) in [7, 11) is 0.226. The minimum atomic E-state index is -3.57. The van der Waals surface area contributed by atoms with Gasteiger partial charge in [-0.15, -0.1) is 0 Å². The van der Waals surface area contributed by atoms with Gasteiger partial charge in [0.2, 0.25) is 10.0 Å². The lowest BCUT2D eigenvalue weighted by Crippen LogP contribution is -2.42. The third-order valence-corrected chi connectivity index (χ3v) is 6.53. The van der Waals surface area contributed by atoms with E-state index in [0.29, 0.717) is 6.54 Å². The molecule has 2 heterocycles. The first-order valence-corrected chi connectivity index (χ1v) is 9.73. The second-order valence-electron chi connectivity index (χ2n) is 6.52. The minimum Gasteiger partial charge on any atom is -0.390 e. The molecule has 2 atom stereocenters. The van der Waals surface area contributed by atoms with E-state index in [4.69, 9.17) is 0 Å². The van der Waals surface area contributed by atoms with Gasteiger partial charge in [-0.1, -0.05) is 18.2 Å². The fraction of sp³-hybridized carbons (Fsp3) is 0.471. The van der Waals surface area contributed by atoms with E-state index >= 15 is 0 Å². The van der Waals surface area contributed by atoms with E-state index in [0.717, 1.165) is 18.5 Å². The van der Waals surface area contributed by atoms with Crippen LogP contribution in [0.3, 0.4) is 0 Å². The van der Waals surface area contributed by atoms with Crippen LogP contribution in [0.5, 0.6) is 0 Å². The monoisotopic (exact) mass is 364 g/mol. The lowest BCUT2D eigenvalue weighted by atomic mass is 10.1. The maximum absolute atomic E-state index is 12.7. The molecule has 136 valence electrons. The number of aryl methyl sites for hydroxylation is 1. The van der Waals surface area contributed by atoms with E-state index in [9.17, 15) is 13.5 Å². The second-order valence-corrected chi connectivity index (χ2v) is 8.46. The Hall–Kier alpha value is -1.74. The molecular weight excluding hydrogens is 340 g/mol. The second kappa shape index (κ2) is 7.25. The Balaban J connectivity index is 1.64. The van der Waals surface area contributed by atoms with Crippen LogP contribution in [0.25, 0.3) is 0 Å². The highest BCUT2D eigenvalue weighted by molar-refractivity contribution is 7.89. The number of sulfonamides is 1. The average molecular weight is 364 g/mol. The Morgan fingerprint density at radius 3 is 2.64 bits per heavy atom. The van der Waals surface area contributed by atoms with E-state index in [1.165, 1.54) is 4.31 Å². The first kappa shape index (κ1) is 18.1. The predicted octanol–water partition coefficient (Wildman–Crippen LogP) is 0.328. The summed E-state index contributed by atoms with van der Waals surface area (Å²) >= 11 is 0. The zero-order chi connectivity index (χ0) is 18.0. The van der Waals surface area contributed by atoms with Gasteiger partial charge in [-0.05, 0) is 31.2 Å². The number of likely N-dealkylation sites (N-methyl/N-ethyl adjacent to an activating group) is 1. The van der Waals surface area contributed by atoms with E-state index < -0.39 is 16.1 Å². The van der Waals surface area contributed by atoms with Crippen molar-refractivity contribution < 1.29 is 13.5 Å².